The topological polar surface area (TPSA) is 3.24 Å². The molecule has 0 aliphatic carbocycles. The maximum absolute atomic E-state index is 5.85. The molecule has 1 rings (SSSR count). The zero-order valence-electron chi connectivity index (χ0n) is 10.5. The van der Waals surface area contributed by atoms with Crippen LogP contribution in [0.5, 0.6) is 0 Å². The normalized spacial score (nSPS) is 12.5. The quantitative estimate of drug-likeness (QED) is 0.689. The van der Waals surface area contributed by atoms with Crippen molar-refractivity contribution in [1.82, 2.24) is 0 Å². The number of anilines is 1. The molecule has 0 radical (unpaired) electrons. The second kappa shape index (κ2) is 7.55. The summed E-state index contributed by atoms with van der Waals surface area (Å²) in [4.78, 5) is 2.32. The van der Waals surface area contributed by atoms with Gasteiger partial charge in [0.05, 0.1) is 0 Å². The van der Waals surface area contributed by atoms with Crippen LogP contribution in [0.4, 0.5) is 5.69 Å². The molecule has 17 heavy (non-hydrogen) atoms. The van der Waals surface area contributed by atoms with Crippen molar-refractivity contribution in [2.45, 2.75) is 25.3 Å². The van der Waals surface area contributed by atoms with Crippen LogP contribution >= 0.6 is 39.3 Å². The van der Waals surface area contributed by atoms with Gasteiger partial charge in [-0.2, -0.15) is 11.8 Å². The maximum Gasteiger partial charge on any atom is 0.0485 e. The Morgan fingerprint density at radius 3 is 2.71 bits per heavy atom. The highest BCUT2D eigenvalue weighted by atomic mass is 79.9. The molecule has 0 amide bonds. The monoisotopic (exact) mass is 335 g/mol. The van der Waals surface area contributed by atoms with Crippen LogP contribution in [0, 0.1) is 0 Å². The largest absolute Gasteiger partial charge is 0.372 e. The molecule has 1 unspecified atom stereocenters. The number of benzene rings is 1. The van der Waals surface area contributed by atoms with Crippen LogP contribution < -0.4 is 4.90 Å². The second-order valence-corrected chi connectivity index (χ2v) is 6.26. The predicted octanol–water partition coefficient (Wildman–Crippen LogP) is 4.77. The van der Waals surface area contributed by atoms with E-state index in [9.17, 15) is 0 Å². The Balaban J connectivity index is 2.74. The fourth-order valence-corrected chi connectivity index (χ4v) is 3.08. The second-order valence-electron chi connectivity index (χ2n) is 4.15. The van der Waals surface area contributed by atoms with Crippen molar-refractivity contribution in [3.63, 3.8) is 0 Å². The van der Waals surface area contributed by atoms with E-state index in [0.29, 0.717) is 11.9 Å². The van der Waals surface area contributed by atoms with Gasteiger partial charge in [-0.3, -0.25) is 0 Å². The molecule has 0 fully saturated rings. The van der Waals surface area contributed by atoms with Gasteiger partial charge in [-0.25, -0.2) is 0 Å². The van der Waals surface area contributed by atoms with E-state index < -0.39 is 0 Å². The summed E-state index contributed by atoms with van der Waals surface area (Å²) in [6, 6.07) is 6.92. The first-order chi connectivity index (χ1) is 8.10. The van der Waals surface area contributed by atoms with Crippen LogP contribution in [-0.4, -0.2) is 25.1 Å². The number of nitrogens with zero attached hydrogens (tertiary/aromatic N) is 1. The molecule has 4 heteroatoms. The molecule has 0 aliphatic rings. The number of rotatable bonds is 6. The SMILES string of the molecule is CSCCC(C)N(C)c1ccc(CCl)c(Br)c1. The van der Waals surface area contributed by atoms with Crippen molar-refractivity contribution >= 4 is 45.0 Å². The molecule has 1 atom stereocenters. The van der Waals surface area contributed by atoms with E-state index in [4.69, 9.17) is 11.6 Å². The molecule has 1 nitrogen and oxygen atoms in total. The van der Waals surface area contributed by atoms with Gasteiger partial charge in [0.2, 0.25) is 0 Å². The minimum atomic E-state index is 0.548. The van der Waals surface area contributed by atoms with Gasteiger partial charge < -0.3 is 4.90 Å². The van der Waals surface area contributed by atoms with Gasteiger partial charge in [-0.15, -0.1) is 11.6 Å². The number of thioether (sulfide) groups is 1. The molecule has 1 aromatic rings. The van der Waals surface area contributed by atoms with Crippen molar-refractivity contribution in [1.29, 1.82) is 0 Å². The molecule has 0 saturated heterocycles. The molecule has 1 aromatic carbocycles. The summed E-state index contributed by atoms with van der Waals surface area (Å²) in [5.41, 5.74) is 2.37. The Labute approximate surface area is 122 Å². The third-order valence-electron chi connectivity index (χ3n) is 2.99. The van der Waals surface area contributed by atoms with E-state index in [1.807, 2.05) is 11.8 Å². The average Bonchev–Trinajstić information content (AvgIpc) is 2.34. The molecule has 0 aliphatic heterocycles. The Bertz CT molecular complexity index is 359. The van der Waals surface area contributed by atoms with E-state index in [-0.39, 0.29) is 0 Å². The van der Waals surface area contributed by atoms with E-state index in [1.165, 1.54) is 17.9 Å². The number of halogens is 2. The van der Waals surface area contributed by atoms with E-state index in [0.717, 1.165) is 10.0 Å². The molecule has 96 valence electrons. The average molecular weight is 337 g/mol. The summed E-state index contributed by atoms with van der Waals surface area (Å²) in [6.07, 6.45) is 3.35. The first-order valence-corrected chi connectivity index (χ1v) is 8.38. The summed E-state index contributed by atoms with van der Waals surface area (Å²) in [7, 11) is 2.15. The minimum Gasteiger partial charge on any atom is -0.372 e. The third kappa shape index (κ3) is 4.38. The Hall–Kier alpha value is 0.140. The smallest absolute Gasteiger partial charge is 0.0485 e. The van der Waals surface area contributed by atoms with Crippen LogP contribution in [0.1, 0.15) is 18.9 Å². The lowest BCUT2D eigenvalue weighted by Gasteiger charge is -2.27. The number of alkyl halides is 1. The fraction of sp³-hybridized carbons (Fsp3) is 0.538. The van der Waals surface area contributed by atoms with Gasteiger partial charge in [-0.05, 0) is 43.0 Å². The van der Waals surface area contributed by atoms with Gasteiger partial charge in [0.15, 0.2) is 0 Å². The Morgan fingerprint density at radius 1 is 1.47 bits per heavy atom. The van der Waals surface area contributed by atoms with Crippen LogP contribution in [0.25, 0.3) is 0 Å². The molecule has 0 aromatic heterocycles. The highest BCUT2D eigenvalue weighted by molar-refractivity contribution is 9.10. The molecular weight excluding hydrogens is 318 g/mol. The number of hydrogen-bond donors (Lipinski definition) is 0. The van der Waals surface area contributed by atoms with E-state index in [1.54, 1.807) is 0 Å². The molecular formula is C13H19BrClNS. The molecule has 0 heterocycles. The fourth-order valence-electron chi connectivity index (χ4n) is 1.60. The standard InChI is InChI=1S/C13H19BrClNS/c1-10(6-7-17-3)16(2)12-5-4-11(9-15)13(14)8-12/h4-5,8,10H,6-7,9H2,1-3H3. The highest BCUT2D eigenvalue weighted by Crippen LogP contribution is 2.26. The van der Waals surface area contributed by atoms with Gasteiger partial charge in [0.1, 0.15) is 0 Å². The van der Waals surface area contributed by atoms with Gasteiger partial charge in [0.25, 0.3) is 0 Å². The Kier molecular flexibility index (Phi) is 6.75. The Morgan fingerprint density at radius 2 is 2.18 bits per heavy atom. The first kappa shape index (κ1) is 15.2. The first-order valence-electron chi connectivity index (χ1n) is 5.66. The lowest BCUT2D eigenvalue weighted by molar-refractivity contribution is 0.669. The summed E-state index contributed by atoms with van der Waals surface area (Å²) >= 11 is 11.3. The zero-order valence-corrected chi connectivity index (χ0v) is 13.7. The van der Waals surface area contributed by atoms with Crippen LogP contribution in [0.3, 0.4) is 0 Å². The molecule has 0 spiro atoms. The molecule has 0 N–H and O–H groups in total. The van der Waals surface area contributed by atoms with Crippen molar-refractivity contribution in [3.8, 4) is 0 Å². The maximum atomic E-state index is 5.85. The van der Waals surface area contributed by atoms with Gasteiger partial charge >= 0.3 is 0 Å². The summed E-state index contributed by atoms with van der Waals surface area (Å²) < 4.78 is 1.09. The predicted molar refractivity (Wildman–Crippen MR) is 84.6 cm³/mol. The summed E-state index contributed by atoms with van der Waals surface area (Å²) in [5, 5.41) is 0. The minimum absolute atomic E-state index is 0.548. The molecule has 0 bridgehead atoms. The van der Waals surface area contributed by atoms with Crippen molar-refractivity contribution < 1.29 is 0 Å². The zero-order chi connectivity index (χ0) is 12.8. The van der Waals surface area contributed by atoms with E-state index in [2.05, 4.69) is 59.3 Å². The number of hydrogen-bond acceptors (Lipinski definition) is 2. The summed E-state index contributed by atoms with van der Waals surface area (Å²) in [5.74, 6) is 1.75. The van der Waals surface area contributed by atoms with Crippen LogP contribution in [0.2, 0.25) is 0 Å². The lowest BCUT2D eigenvalue weighted by Crippen LogP contribution is -2.29. The van der Waals surface area contributed by atoms with Crippen LogP contribution in [0.15, 0.2) is 22.7 Å². The summed E-state index contributed by atoms with van der Waals surface area (Å²) in [6.45, 7) is 2.26. The van der Waals surface area contributed by atoms with E-state index >= 15 is 0 Å². The van der Waals surface area contributed by atoms with Crippen molar-refractivity contribution in [3.05, 3.63) is 28.2 Å². The van der Waals surface area contributed by atoms with Gasteiger partial charge in [-0.1, -0.05) is 22.0 Å². The van der Waals surface area contributed by atoms with Crippen LogP contribution in [-0.2, 0) is 5.88 Å². The molecule has 0 saturated carbocycles. The van der Waals surface area contributed by atoms with Crippen molar-refractivity contribution in [2.24, 2.45) is 0 Å². The lowest BCUT2D eigenvalue weighted by atomic mass is 10.1. The third-order valence-corrected chi connectivity index (χ3v) is 4.66. The van der Waals surface area contributed by atoms with Crippen molar-refractivity contribution in [2.75, 3.05) is 24.0 Å². The highest BCUT2D eigenvalue weighted by Gasteiger charge is 2.10. The van der Waals surface area contributed by atoms with Gasteiger partial charge in [0, 0.05) is 29.1 Å².